The van der Waals surface area contributed by atoms with E-state index in [-0.39, 0.29) is 23.1 Å². The molecule has 0 aliphatic rings. The molecule has 0 aromatic rings. The second-order valence-corrected chi connectivity index (χ2v) is 9.22. The third kappa shape index (κ3) is 25.0. The van der Waals surface area contributed by atoms with Gasteiger partial charge in [-0.2, -0.15) is 9.59 Å². The topological polar surface area (TPSA) is 105 Å². The fourth-order valence-electron chi connectivity index (χ4n) is 2.26. The van der Waals surface area contributed by atoms with Crippen LogP contribution in [0, 0.1) is 5.92 Å². The van der Waals surface area contributed by atoms with E-state index < -0.39 is 0 Å². The number of ketones is 2. The summed E-state index contributed by atoms with van der Waals surface area (Å²) in [6.07, 6.45) is 2.04. The second-order valence-electron chi connectivity index (χ2n) is 7.30. The van der Waals surface area contributed by atoms with Gasteiger partial charge >= 0.3 is 6.15 Å². The summed E-state index contributed by atoms with van der Waals surface area (Å²) in [5, 5.41) is 0.542. The lowest BCUT2D eigenvalue weighted by Gasteiger charge is -2.12. The Labute approximate surface area is 191 Å². The number of rotatable bonds is 20. The van der Waals surface area contributed by atoms with E-state index in [9.17, 15) is 9.59 Å². The molecule has 0 spiro atoms. The molecule has 1 unspecified atom stereocenters. The van der Waals surface area contributed by atoms with Crippen LogP contribution in [-0.4, -0.2) is 81.1 Å². The summed E-state index contributed by atoms with van der Waals surface area (Å²) in [5.74, 6) is 0.593. The summed E-state index contributed by atoms with van der Waals surface area (Å²) in [6, 6.07) is 0. The van der Waals surface area contributed by atoms with E-state index in [1.807, 2.05) is 20.8 Å². The van der Waals surface area contributed by atoms with Crippen LogP contribution in [0.25, 0.3) is 0 Å². The SMILES string of the molecule is CC(C)SC(C)C(=O)CCCOCCOCCOCCOCCC(=O)C(C)C.O=C=O. The van der Waals surface area contributed by atoms with Crippen LogP contribution in [0.2, 0.25) is 0 Å². The van der Waals surface area contributed by atoms with Crippen LogP contribution >= 0.6 is 11.8 Å². The molecule has 182 valence electrons. The predicted molar refractivity (Wildman–Crippen MR) is 119 cm³/mol. The van der Waals surface area contributed by atoms with Crippen molar-refractivity contribution in [2.75, 3.05) is 52.9 Å². The van der Waals surface area contributed by atoms with Gasteiger partial charge in [-0.15, -0.1) is 11.8 Å². The fraction of sp³-hybridized carbons (Fsp3) is 0.864. The van der Waals surface area contributed by atoms with Crippen molar-refractivity contribution >= 4 is 29.5 Å². The molecule has 0 N–H and O–H groups in total. The summed E-state index contributed by atoms with van der Waals surface area (Å²) in [6.45, 7) is 14.1. The smallest absolute Gasteiger partial charge is 0.373 e. The summed E-state index contributed by atoms with van der Waals surface area (Å²) in [7, 11) is 0. The average Bonchev–Trinajstić information content (AvgIpc) is 2.70. The number of carbonyl (C=O) groups is 2. The minimum Gasteiger partial charge on any atom is -0.379 e. The molecule has 0 saturated heterocycles. The van der Waals surface area contributed by atoms with Gasteiger partial charge in [-0.05, 0) is 18.6 Å². The third-order valence-corrected chi connectivity index (χ3v) is 5.11. The summed E-state index contributed by atoms with van der Waals surface area (Å²) in [5.41, 5.74) is 0. The van der Waals surface area contributed by atoms with Crippen molar-refractivity contribution in [2.24, 2.45) is 5.92 Å². The molecule has 9 heteroatoms. The van der Waals surface area contributed by atoms with E-state index in [1.54, 1.807) is 11.8 Å². The summed E-state index contributed by atoms with van der Waals surface area (Å²) >= 11 is 1.71. The molecule has 0 fully saturated rings. The van der Waals surface area contributed by atoms with Crippen molar-refractivity contribution < 1.29 is 38.1 Å². The molecule has 1 atom stereocenters. The summed E-state index contributed by atoms with van der Waals surface area (Å²) in [4.78, 5) is 39.6. The lowest BCUT2D eigenvalue weighted by molar-refractivity contribution is -0.191. The predicted octanol–water partition coefficient (Wildman–Crippen LogP) is 2.96. The molecule has 0 aliphatic carbocycles. The van der Waals surface area contributed by atoms with E-state index in [4.69, 9.17) is 28.5 Å². The Morgan fingerprint density at radius 3 is 1.52 bits per heavy atom. The van der Waals surface area contributed by atoms with Crippen LogP contribution in [0.4, 0.5) is 0 Å². The second kappa shape index (κ2) is 23.6. The van der Waals surface area contributed by atoms with Crippen molar-refractivity contribution in [1.82, 2.24) is 0 Å². The van der Waals surface area contributed by atoms with Crippen LogP contribution in [0.1, 0.15) is 53.9 Å². The van der Waals surface area contributed by atoms with Crippen molar-refractivity contribution in [2.45, 2.75) is 64.4 Å². The Morgan fingerprint density at radius 1 is 0.677 bits per heavy atom. The van der Waals surface area contributed by atoms with Crippen molar-refractivity contribution in [3.05, 3.63) is 0 Å². The maximum absolute atomic E-state index is 11.9. The number of ether oxygens (including phenoxy) is 4. The lowest BCUT2D eigenvalue weighted by Crippen LogP contribution is -2.16. The van der Waals surface area contributed by atoms with Crippen LogP contribution in [0.15, 0.2) is 0 Å². The van der Waals surface area contributed by atoms with Crippen LogP contribution in [0.5, 0.6) is 0 Å². The van der Waals surface area contributed by atoms with Gasteiger partial charge in [0.15, 0.2) is 0 Å². The maximum atomic E-state index is 11.9. The zero-order valence-electron chi connectivity index (χ0n) is 19.7. The Kier molecular flexibility index (Phi) is 24.4. The van der Waals surface area contributed by atoms with E-state index >= 15 is 0 Å². The highest BCUT2D eigenvalue weighted by atomic mass is 32.2. The van der Waals surface area contributed by atoms with E-state index in [1.165, 1.54) is 0 Å². The van der Waals surface area contributed by atoms with Crippen molar-refractivity contribution in [3.8, 4) is 0 Å². The number of carbonyl (C=O) groups excluding carboxylic acids is 4. The first-order valence-electron chi connectivity index (χ1n) is 10.8. The van der Waals surface area contributed by atoms with Gasteiger partial charge in [0, 0.05) is 25.4 Å². The molecule has 0 aromatic carbocycles. The monoisotopic (exact) mass is 464 g/mol. The highest BCUT2D eigenvalue weighted by Crippen LogP contribution is 2.18. The zero-order valence-corrected chi connectivity index (χ0v) is 20.5. The van der Waals surface area contributed by atoms with Gasteiger partial charge in [0.1, 0.15) is 11.6 Å². The van der Waals surface area contributed by atoms with E-state index in [2.05, 4.69) is 13.8 Å². The first-order chi connectivity index (χ1) is 14.8. The van der Waals surface area contributed by atoms with Crippen molar-refractivity contribution in [3.63, 3.8) is 0 Å². The quantitative estimate of drug-likeness (QED) is 0.251. The van der Waals surface area contributed by atoms with E-state index in [0.717, 1.165) is 6.42 Å². The van der Waals surface area contributed by atoms with Crippen molar-refractivity contribution in [1.29, 1.82) is 0 Å². The Hall–Kier alpha value is -1.09. The first kappa shape index (κ1) is 32.1. The van der Waals surface area contributed by atoms with Gasteiger partial charge in [-0.1, -0.05) is 27.7 Å². The molecule has 0 aliphatic heterocycles. The standard InChI is InChI=1S/C21H40O6S.CO2/c1-17(2)20(22)8-10-25-12-14-27-16-15-26-13-11-24-9-6-7-21(23)19(5)28-18(3)4;2-1-3/h17-19H,6-16H2,1-5H3;. The summed E-state index contributed by atoms with van der Waals surface area (Å²) < 4.78 is 21.7. The lowest BCUT2D eigenvalue weighted by atomic mass is 10.1. The number of hydrogen-bond donors (Lipinski definition) is 0. The molecule has 0 aromatic heterocycles. The van der Waals surface area contributed by atoms with Gasteiger partial charge in [0.25, 0.3) is 0 Å². The molecule has 0 rings (SSSR count). The van der Waals surface area contributed by atoms with Crippen LogP contribution in [-0.2, 0) is 38.1 Å². The number of Topliss-reactive ketones (excluding diaryl/α,β-unsaturated/α-hetero) is 2. The first-order valence-corrected chi connectivity index (χ1v) is 11.7. The third-order valence-electron chi connectivity index (χ3n) is 3.89. The Bertz CT molecular complexity index is 476. The molecular formula is C22H40O8S. The minimum absolute atomic E-state index is 0.0660. The molecule has 0 saturated carbocycles. The highest BCUT2D eigenvalue weighted by molar-refractivity contribution is 8.01. The van der Waals surface area contributed by atoms with Gasteiger partial charge in [0.05, 0.1) is 51.5 Å². The average molecular weight is 465 g/mol. The molecule has 0 heterocycles. The molecule has 31 heavy (non-hydrogen) atoms. The van der Waals surface area contributed by atoms with Gasteiger partial charge < -0.3 is 18.9 Å². The minimum atomic E-state index is 0.0660. The molecule has 0 bridgehead atoms. The number of hydrogen-bond acceptors (Lipinski definition) is 9. The van der Waals surface area contributed by atoms with E-state index in [0.29, 0.717) is 76.7 Å². The Balaban J connectivity index is 0. The van der Waals surface area contributed by atoms with Crippen LogP contribution < -0.4 is 0 Å². The number of thioether (sulfide) groups is 1. The van der Waals surface area contributed by atoms with Crippen LogP contribution in [0.3, 0.4) is 0 Å². The Morgan fingerprint density at radius 2 is 1.10 bits per heavy atom. The van der Waals surface area contributed by atoms with Gasteiger partial charge in [0.2, 0.25) is 0 Å². The molecular weight excluding hydrogens is 424 g/mol. The largest absolute Gasteiger partial charge is 0.379 e. The normalized spacial score (nSPS) is 11.7. The van der Waals surface area contributed by atoms with Gasteiger partial charge in [-0.25, -0.2) is 0 Å². The fourth-order valence-corrected chi connectivity index (χ4v) is 3.35. The molecule has 8 nitrogen and oxygen atoms in total. The maximum Gasteiger partial charge on any atom is 0.373 e. The zero-order chi connectivity index (χ0) is 23.9. The molecule has 0 amide bonds. The highest BCUT2D eigenvalue weighted by Gasteiger charge is 2.14. The van der Waals surface area contributed by atoms with Gasteiger partial charge in [-0.3, -0.25) is 9.59 Å². The molecule has 0 radical (unpaired) electrons.